The molecule has 74 valence electrons. The molecule has 0 saturated carbocycles. The van der Waals surface area contributed by atoms with Gasteiger partial charge >= 0.3 is 0 Å². The highest BCUT2D eigenvalue weighted by Crippen LogP contribution is 1.95. The molecule has 0 aliphatic carbocycles. The van der Waals surface area contributed by atoms with Crippen LogP contribution in [0.1, 0.15) is 13.8 Å². The number of rotatable bonds is 7. The number of alkyl halides is 1. The number of ether oxygens (including phenoxy) is 2. The maximum atomic E-state index is 9.03. The van der Waals surface area contributed by atoms with Crippen molar-refractivity contribution >= 4 is 11.6 Å². The molecule has 0 radical (unpaired) electrons. The second-order valence-corrected chi connectivity index (χ2v) is 2.92. The molecule has 0 heterocycles. The van der Waals surface area contributed by atoms with E-state index in [1.165, 1.54) is 0 Å². The summed E-state index contributed by atoms with van der Waals surface area (Å²) < 4.78 is 10.4. The molecule has 0 spiro atoms. The molecule has 3 nitrogen and oxygen atoms in total. The topological polar surface area (TPSA) is 38.7 Å². The first-order valence-corrected chi connectivity index (χ1v) is 4.67. The Labute approximate surface area is 78.6 Å². The van der Waals surface area contributed by atoms with Crippen molar-refractivity contribution in [2.75, 3.05) is 25.7 Å². The summed E-state index contributed by atoms with van der Waals surface area (Å²) >= 11 is 5.38. The molecular weight excluding hydrogens is 180 g/mol. The summed E-state index contributed by atoms with van der Waals surface area (Å²) in [5, 5.41) is 9.03. The first-order chi connectivity index (χ1) is 5.70. The maximum absolute atomic E-state index is 9.03. The Balaban J connectivity index is 3.24. The molecule has 0 aliphatic heterocycles. The van der Waals surface area contributed by atoms with E-state index >= 15 is 0 Å². The van der Waals surface area contributed by atoms with Gasteiger partial charge in [-0.05, 0) is 13.8 Å². The molecule has 12 heavy (non-hydrogen) atoms. The minimum absolute atomic E-state index is 0.0165. The molecule has 0 amide bonds. The van der Waals surface area contributed by atoms with Crippen molar-refractivity contribution in [1.29, 1.82) is 0 Å². The zero-order valence-electron chi connectivity index (χ0n) is 7.62. The van der Waals surface area contributed by atoms with E-state index in [0.29, 0.717) is 13.2 Å². The molecule has 0 fully saturated rings. The fourth-order valence-corrected chi connectivity index (χ4v) is 0.741. The van der Waals surface area contributed by atoms with Crippen LogP contribution in [-0.2, 0) is 9.47 Å². The third-order valence-corrected chi connectivity index (χ3v) is 1.66. The quantitative estimate of drug-likeness (QED) is 0.619. The molecule has 2 unspecified atom stereocenters. The standard InChI is InChI=1S/C8H17ClO3/c1-3-11-5-7(2)12-6-8(10)4-9/h7-8,10H,3-6H2,1-2H3. The minimum Gasteiger partial charge on any atom is -0.389 e. The zero-order valence-corrected chi connectivity index (χ0v) is 8.38. The first kappa shape index (κ1) is 12.2. The Bertz CT molecular complexity index is 100. The van der Waals surface area contributed by atoms with Crippen LogP contribution in [0.2, 0.25) is 0 Å². The Hall–Kier alpha value is 0.170. The van der Waals surface area contributed by atoms with E-state index in [4.69, 9.17) is 26.2 Å². The van der Waals surface area contributed by atoms with Crippen molar-refractivity contribution in [3.05, 3.63) is 0 Å². The molecule has 4 heteroatoms. The van der Waals surface area contributed by atoms with E-state index in [1.54, 1.807) is 0 Å². The molecule has 0 bridgehead atoms. The van der Waals surface area contributed by atoms with E-state index in [-0.39, 0.29) is 18.6 Å². The number of hydrogen-bond donors (Lipinski definition) is 1. The monoisotopic (exact) mass is 196 g/mol. The van der Waals surface area contributed by atoms with Gasteiger partial charge in [0, 0.05) is 6.61 Å². The van der Waals surface area contributed by atoms with Gasteiger partial charge in [0.1, 0.15) is 0 Å². The lowest BCUT2D eigenvalue weighted by atomic mass is 10.4. The SMILES string of the molecule is CCOCC(C)OCC(O)CCl. The van der Waals surface area contributed by atoms with Crippen LogP contribution < -0.4 is 0 Å². The van der Waals surface area contributed by atoms with Crippen LogP contribution >= 0.6 is 11.6 Å². The van der Waals surface area contributed by atoms with Gasteiger partial charge in [-0.25, -0.2) is 0 Å². The molecule has 0 aromatic carbocycles. The Morgan fingerprint density at radius 1 is 1.42 bits per heavy atom. The van der Waals surface area contributed by atoms with Crippen molar-refractivity contribution in [2.45, 2.75) is 26.1 Å². The average molecular weight is 197 g/mol. The molecule has 0 rings (SSSR count). The highest BCUT2D eigenvalue weighted by Gasteiger charge is 2.06. The van der Waals surface area contributed by atoms with Crippen molar-refractivity contribution in [1.82, 2.24) is 0 Å². The summed E-state index contributed by atoms with van der Waals surface area (Å²) in [5.41, 5.74) is 0. The molecule has 0 aliphatic rings. The van der Waals surface area contributed by atoms with Gasteiger partial charge in [-0.3, -0.25) is 0 Å². The average Bonchev–Trinajstić information content (AvgIpc) is 2.10. The van der Waals surface area contributed by atoms with Gasteiger partial charge in [0.15, 0.2) is 0 Å². The van der Waals surface area contributed by atoms with Gasteiger partial charge in [0.25, 0.3) is 0 Å². The van der Waals surface area contributed by atoms with Gasteiger partial charge in [0.05, 0.1) is 31.3 Å². The Morgan fingerprint density at radius 3 is 2.58 bits per heavy atom. The highest BCUT2D eigenvalue weighted by molar-refractivity contribution is 6.18. The number of aliphatic hydroxyl groups excluding tert-OH is 1. The van der Waals surface area contributed by atoms with Crippen molar-refractivity contribution in [2.24, 2.45) is 0 Å². The summed E-state index contributed by atoms with van der Waals surface area (Å²) in [5.74, 6) is 0.210. The summed E-state index contributed by atoms with van der Waals surface area (Å²) in [6, 6.07) is 0. The molecule has 0 saturated heterocycles. The fourth-order valence-electron chi connectivity index (χ4n) is 0.652. The van der Waals surface area contributed by atoms with Crippen molar-refractivity contribution in [3.8, 4) is 0 Å². The summed E-state index contributed by atoms with van der Waals surface area (Å²) in [6.45, 7) is 5.35. The van der Waals surface area contributed by atoms with Gasteiger partial charge in [-0.2, -0.15) is 0 Å². The maximum Gasteiger partial charge on any atom is 0.0908 e. The third-order valence-electron chi connectivity index (χ3n) is 1.31. The smallest absolute Gasteiger partial charge is 0.0908 e. The number of halogens is 1. The molecule has 2 atom stereocenters. The minimum atomic E-state index is -0.573. The van der Waals surface area contributed by atoms with E-state index in [2.05, 4.69) is 0 Å². The lowest BCUT2D eigenvalue weighted by Gasteiger charge is -2.14. The van der Waals surface area contributed by atoms with Crippen LogP contribution in [0.4, 0.5) is 0 Å². The van der Waals surface area contributed by atoms with E-state index in [0.717, 1.165) is 0 Å². The Kier molecular flexibility index (Phi) is 7.91. The van der Waals surface area contributed by atoms with Crippen LogP contribution in [0.3, 0.4) is 0 Å². The van der Waals surface area contributed by atoms with Crippen LogP contribution in [0, 0.1) is 0 Å². The normalized spacial score (nSPS) is 16.0. The number of aliphatic hydroxyl groups is 1. The van der Waals surface area contributed by atoms with Crippen LogP contribution in [0.5, 0.6) is 0 Å². The van der Waals surface area contributed by atoms with Gasteiger partial charge in [-0.1, -0.05) is 0 Å². The zero-order chi connectivity index (χ0) is 9.40. The molecule has 1 N–H and O–H groups in total. The van der Waals surface area contributed by atoms with Crippen LogP contribution in [0.15, 0.2) is 0 Å². The van der Waals surface area contributed by atoms with E-state index < -0.39 is 6.10 Å². The van der Waals surface area contributed by atoms with Crippen molar-refractivity contribution in [3.63, 3.8) is 0 Å². The summed E-state index contributed by atoms with van der Waals surface area (Å²) in [7, 11) is 0. The highest BCUT2D eigenvalue weighted by atomic mass is 35.5. The first-order valence-electron chi connectivity index (χ1n) is 4.14. The Morgan fingerprint density at radius 2 is 2.08 bits per heavy atom. The van der Waals surface area contributed by atoms with Crippen molar-refractivity contribution < 1.29 is 14.6 Å². The lowest BCUT2D eigenvalue weighted by Crippen LogP contribution is -2.24. The van der Waals surface area contributed by atoms with Crippen LogP contribution in [0.25, 0.3) is 0 Å². The molecule has 0 aromatic rings. The summed E-state index contributed by atoms with van der Waals surface area (Å²) in [6.07, 6.45) is -0.557. The van der Waals surface area contributed by atoms with Gasteiger partial charge < -0.3 is 14.6 Å². The third kappa shape index (κ3) is 6.85. The largest absolute Gasteiger partial charge is 0.389 e. The van der Waals surface area contributed by atoms with Crippen LogP contribution in [-0.4, -0.2) is 43.0 Å². The summed E-state index contributed by atoms with van der Waals surface area (Å²) in [4.78, 5) is 0. The second-order valence-electron chi connectivity index (χ2n) is 2.61. The van der Waals surface area contributed by atoms with E-state index in [9.17, 15) is 0 Å². The second kappa shape index (κ2) is 7.80. The lowest BCUT2D eigenvalue weighted by molar-refractivity contribution is -0.0336. The molecular formula is C8H17ClO3. The predicted octanol–water partition coefficient (Wildman–Crippen LogP) is 1.03. The fraction of sp³-hybridized carbons (Fsp3) is 1.00. The van der Waals surface area contributed by atoms with E-state index in [1.807, 2.05) is 13.8 Å². The van der Waals surface area contributed by atoms with Gasteiger partial charge in [0.2, 0.25) is 0 Å². The number of hydrogen-bond acceptors (Lipinski definition) is 3. The predicted molar refractivity (Wildman–Crippen MR) is 48.6 cm³/mol. The van der Waals surface area contributed by atoms with Gasteiger partial charge in [-0.15, -0.1) is 11.6 Å². The molecule has 0 aromatic heterocycles.